The number of aromatic nitrogens is 2. The number of hydrogen-bond donors (Lipinski definition) is 3. The van der Waals surface area contributed by atoms with Crippen molar-refractivity contribution in [1.82, 2.24) is 15.3 Å². The van der Waals surface area contributed by atoms with Crippen molar-refractivity contribution in [2.24, 2.45) is 10.7 Å². The first-order valence-electron chi connectivity index (χ1n) is 7.13. The topological polar surface area (TPSA) is 79.1 Å². The summed E-state index contributed by atoms with van der Waals surface area (Å²) in [6, 6.07) is 7.83. The van der Waals surface area contributed by atoms with Crippen LogP contribution >= 0.6 is 23.4 Å². The maximum atomic E-state index is 5.94. The molecule has 2 rings (SSSR count). The third kappa shape index (κ3) is 6.41. The van der Waals surface area contributed by atoms with Crippen LogP contribution in [0.15, 0.2) is 46.7 Å². The van der Waals surface area contributed by atoms with Crippen LogP contribution in [0, 0.1) is 0 Å². The molecule has 2 aromatic rings. The molecule has 0 aliphatic carbocycles. The van der Waals surface area contributed by atoms with Gasteiger partial charge in [0.15, 0.2) is 5.96 Å². The zero-order chi connectivity index (χ0) is 15.6. The summed E-state index contributed by atoms with van der Waals surface area (Å²) in [6.07, 6.45) is 5.40. The number of benzene rings is 1. The van der Waals surface area contributed by atoms with Crippen LogP contribution in [0.1, 0.15) is 12.1 Å². The molecule has 0 fully saturated rings. The molecule has 118 valence electrons. The number of halogens is 1. The minimum absolute atomic E-state index is 0.497. The first-order valence-corrected chi connectivity index (χ1v) is 8.50. The summed E-state index contributed by atoms with van der Waals surface area (Å²) in [5.74, 6) is 1.40. The molecule has 0 amide bonds. The van der Waals surface area contributed by atoms with Gasteiger partial charge in [0.1, 0.15) is 0 Å². The quantitative estimate of drug-likeness (QED) is 0.299. The predicted octanol–water partition coefficient (Wildman–Crippen LogP) is 2.69. The Morgan fingerprint density at radius 2 is 2.36 bits per heavy atom. The van der Waals surface area contributed by atoms with Crippen LogP contribution in [0.3, 0.4) is 0 Å². The number of thioether (sulfide) groups is 1. The number of nitrogens with one attached hydrogen (secondary N) is 2. The standard InChI is InChI=1S/C15H20ClN5S/c16-12-3-1-5-14(9-12)22-8-7-20-15(17)19-6-2-4-13-10-18-11-21-13/h1,3,5,9-11H,2,4,6-8H2,(H,18,21)(H3,17,19,20). The van der Waals surface area contributed by atoms with Gasteiger partial charge in [-0.05, 0) is 31.0 Å². The molecule has 0 aliphatic rings. The number of nitrogens with two attached hydrogens (primary N) is 1. The minimum atomic E-state index is 0.497. The van der Waals surface area contributed by atoms with Crippen LogP contribution in [0.25, 0.3) is 0 Å². The summed E-state index contributed by atoms with van der Waals surface area (Å²) in [4.78, 5) is 12.5. The number of aliphatic imine (C=N–C) groups is 1. The lowest BCUT2D eigenvalue weighted by atomic mass is 10.2. The van der Waals surface area contributed by atoms with E-state index in [0.717, 1.165) is 40.8 Å². The van der Waals surface area contributed by atoms with Gasteiger partial charge in [0, 0.05) is 40.7 Å². The van der Waals surface area contributed by atoms with Gasteiger partial charge in [-0.15, -0.1) is 11.8 Å². The second-order valence-electron chi connectivity index (χ2n) is 4.68. The van der Waals surface area contributed by atoms with Crippen LogP contribution in [0.2, 0.25) is 5.02 Å². The first-order chi connectivity index (χ1) is 10.7. The molecule has 0 spiro atoms. The fourth-order valence-electron chi connectivity index (χ4n) is 1.85. The van der Waals surface area contributed by atoms with Crippen molar-refractivity contribution in [3.05, 3.63) is 47.5 Å². The van der Waals surface area contributed by atoms with Crippen molar-refractivity contribution < 1.29 is 0 Å². The number of imidazole rings is 1. The lowest BCUT2D eigenvalue weighted by Crippen LogP contribution is -2.33. The Morgan fingerprint density at radius 3 is 3.14 bits per heavy atom. The van der Waals surface area contributed by atoms with Gasteiger partial charge in [0.2, 0.25) is 0 Å². The van der Waals surface area contributed by atoms with Crippen molar-refractivity contribution in [2.75, 3.05) is 18.8 Å². The maximum absolute atomic E-state index is 5.94. The van der Waals surface area contributed by atoms with Crippen molar-refractivity contribution in [3.8, 4) is 0 Å². The highest BCUT2D eigenvalue weighted by molar-refractivity contribution is 7.99. The summed E-state index contributed by atoms with van der Waals surface area (Å²) in [7, 11) is 0. The Labute approximate surface area is 139 Å². The first kappa shape index (κ1) is 16.7. The van der Waals surface area contributed by atoms with E-state index in [-0.39, 0.29) is 0 Å². The number of guanidine groups is 1. The zero-order valence-electron chi connectivity index (χ0n) is 12.3. The monoisotopic (exact) mass is 337 g/mol. The van der Waals surface area contributed by atoms with E-state index in [1.807, 2.05) is 30.5 Å². The van der Waals surface area contributed by atoms with E-state index in [0.29, 0.717) is 12.5 Å². The highest BCUT2D eigenvalue weighted by Gasteiger charge is 1.97. The van der Waals surface area contributed by atoms with Crippen molar-refractivity contribution in [2.45, 2.75) is 17.7 Å². The van der Waals surface area contributed by atoms with Gasteiger partial charge < -0.3 is 16.0 Å². The number of aryl methyl sites for hydroxylation is 1. The highest BCUT2D eigenvalue weighted by Crippen LogP contribution is 2.20. The van der Waals surface area contributed by atoms with Crippen LogP contribution in [-0.2, 0) is 6.42 Å². The fraction of sp³-hybridized carbons (Fsp3) is 0.333. The largest absolute Gasteiger partial charge is 0.370 e. The lowest BCUT2D eigenvalue weighted by molar-refractivity contribution is 0.806. The molecule has 4 N–H and O–H groups in total. The van der Waals surface area contributed by atoms with E-state index >= 15 is 0 Å². The third-order valence-corrected chi connectivity index (χ3v) is 4.14. The van der Waals surface area contributed by atoms with Gasteiger partial charge in [-0.2, -0.15) is 0 Å². The summed E-state index contributed by atoms with van der Waals surface area (Å²) in [5.41, 5.74) is 6.95. The van der Waals surface area contributed by atoms with E-state index in [9.17, 15) is 0 Å². The molecule has 0 saturated heterocycles. The van der Waals surface area contributed by atoms with Crippen LogP contribution in [0.5, 0.6) is 0 Å². The average Bonchev–Trinajstić information content (AvgIpc) is 3.02. The molecular formula is C15H20ClN5S. The van der Waals surface area contributed by atoms with Crippen molar-refractivity contribution in [3.63, 3.8) is 0 Å². The molecule has 1 aromatic heterocycles. The average molecular weight is 338 g/mol. The zero-order valence-corrected chi connectivity index (χ0v) is 13.8. The van der Waals surface area contributed by atoms with E-state index in [1.54, 1.807) is 18.1 Å². The molecule has 0 bridgehead atoms. The van der Waals surface area contributed by atoms with Gasteiger partial charge in [-0.3, -0.25) is 4.99 Å². The maximum Gasteiger partial charge on any atom is 0.188 e. The number of nitrogens with zero attached hydrogens (tertiary/aromatic N) is 2. The van der Waals surface area contributed by atoms with Gasteiger partial charge in [-0.25, -0.2) is 4.98 Å². The number of hydrogen-bond acceptors (Lipinski definition) is 3. The smallest absolute Gasteiger partial charge is 0.188 e. The molecule has 0 saturated carbocycles. The van der Waals surface area contributed by atoms with Crippen molar-refractivity contribution in [1.29, 1.82) is 0 Å². The van der Waals surface area contributed by atoms with Gasteiger partial charge >= 0.3 is 0 Å². The van der Waals surface area contributed by atoms with Gasteiger partial charge in [0.25, 0.3) is 0 Å². The number of rotatable bonds is 8. The van der Waals surface area contributed by atoms with Crippen LogP contribution in [-0.4, -0.2) is 34.8 Å². The fourth-order valence-corrected chi connectivity index (χ4v) is 2.93. The SMILES string of the molecule is NC(=NCCCc1cnc[nH]1)NCCSc1cccc(Cl)c1. The molecule has 0 atom stereocenters. The van der Waals surface area contributed by atoms with E-state index < -0.39 is 0 Å². The van der Waals surface area contributed by atoms with Gasteiger partial charge in [0.05, 0.1) is 6.33 Å². The van der Waals surface area contributed by atoms with Crippen molar-refractivity contribution >= 4 is 29.3 Å². The molecule has 0 radical (unpaired) electrons. The number of H-pyrrole nitrogens is 1. The molecule has 1 heterocycles. The summed E-state index contributed by atoms with van der Waals surface area (Å²) in [5, 5.41) is 3.88. The van der Waals surface area contributed by atoms with E-state index in [1.165, 1.54) is 0 Å². The molecule has 7 heteroatoms. The van der Waals surface area contributed by atoms with E-state index in [4.69, 9.17) is 17.3 Å². The molecule has 0 aliphatic heterocycles. The summed E-state index contributed by atoms with van der Waals surface area (Å²) < 4.78 is 0. The minimum Gasteiger partial charge on any atom is -0.370 e. The summed E-state index contributed by atoms with van der Waals surface area (Å²) in [6.45, 7) is 1.48. The normalized spacial score (nSPS) is 11.6. The molecular weight excluding hydrogens is 318 g/mol. The Hall–Kier alpha value is -1.66. The highest BCUT2D eigenvalue weighted by atomic mass is 35.5. The number of aromatic amines is 1. The molecule has 5 nitrogen and oxygen atoms in total. The predicted molar refractivity (Wildman–Crippen MR) is 93.6 cm³/mol. The summed E-state index contributed by atoms with van der Waals surface area (Å²) >= 11 is 7.68. The third-order valence-electron chi connectivity index (χ3n) is 2.91. The Morgan fingerprint density at radius 1 is 1.45 bits per heavy atom. The second kappa shape index (κ2) is 9.38. The second-order valence-corrected chi connectivity index (χ2v) is 6.28. The molecule has 22 heavy (non-hydrogen) atoms. The Kier molecular flexibility index (Phi) is 7.12. The Balaban J connectivity index is 1.56. The molecule has 0 unspecified atom stereocenters. The van der Waals surface area contributed by atoms with Crippen LogP contribution in [0.4, 0.5) is 0 Å². The van der Waals surface area contributed by atoms with E-state index in [2.05, 4.69) is 20.3 Å². The van der Waals surface area contributed by atoms with Gasteiger partial charge in [-0.1, -0.05) is 17.7 Å². The molecule has 1 aromatic carbocycles. The van der Waals surface area contributed by atoms with Crippen LogP contribution < -0.4 is 11.1 Å². The lowest BCUT2D eigenvalue weighted by Gasteiger charge is -2.06. The Bertz CT molecular complexity index is 585.